The second-order valence-corrected chi connectivity index (χ2v) is 5.55. The van der Waals surface area contributed by atoms with Gasteiger partial charge in [-0.1, -0.05) is 0 Å². The number of hydrogen-bond acceptors (Lipinski definition) is 4. The Morgan fingerprint density at radius 3 is 2.71 bits per heavy atom. The number of benzene rings is 1. The van der Waals surface area contributed by atoms with Gasteiger partial charge in [-0.05, 0) is 49.7 Å². The van der Waals surface area contributed by atoms with E-state index in [0.29, 0.717) is 11.3 Å². The molecule has 0 fully saturated rings. The number of nitrogens with one attached hydrogen (secondary N) is 2. The fourth-order valence-electron chi connectivity index (χ4n) is 2.57. The van der Waals surface area contributed by atoms with Crippen LogP contribution in [0.4, 0.5) is 5.69 Å². The number of carbonyl (C=O) groups is 2. The summed E-state index contributed by atoms with van der Waals surface area (Å²) in [4.78, 5) is 31.5. The molecule has 0 bridgehead atoms. The number of carbonyl (C=O) groups excluding carboxylic acids is 2. The van der Waals surface area contributed by atoms with Crippen LogP contribution < -0.4 is 5.32 Å². The van der Waals surface area contributed by atoms with Gasteiger partial charge < -0.3 is 15.0 Å². The number of hydrogen-bond donors (Lipinski definition) is 2. The third-order valence-electron chi connectivity index (χ3n) is 3.81. The minimum absolute atomic E-state index is 0.224. The van der Waals surface area contributed by atoms with E-state index < -0.39 is 5.97 Å². The van der Waals surface area contributed by atoms with Crippen LogP contribution in [0.3, 0.4) is 0 Å². The zero-order valence-electron chi connectivity index (χ0n) is 13.6. The number of amides is 1. The Balaban J connectivity index is 1.93. The van der Waals surface area contributed by atoms with Crippen molar-refractivity contribution in [1.29, 1.82) is 0 Å². The van der Waals surface area contributed by atoms with Crippen molar-refractivity contribution in [2.75, 3.05) is 12.4 Å². The number of esters is 1. The maximum absolute atomic E-state index is 12.5. The highest BCUT2D eigenvalue weighted by Gasteiger charge is 2.17. The molecule has 2 aromatic heterocycles. The molecular formula is C18H17N3O3. The fourth-order valence-corrected chi connectivity index (χ4v) is 2.57. The van der Waals surface area contributed by atoms with Gasteiger partial charge in [0.05, 0.1) is 18.3 Å². The van der Waals surface area contributed by atoms with Gasteiger partial charge in [-0.25, -0.2) is 4.79 Å². The number of anilines is 1. The summed E-state index contributed by atoms with van der Waals surface area (Å²) < 4.78 is 4.72. The smallest absolute Gasteiger partial charge is 0.356 e. The standard InChI is InChI=1S/C18H17N3O3/c1-10-6-7-19-14-5-4-12(9-13(10)14)17(22)21-15-8-11(2)20-16(15)18(23)24-3/h4-9,20H,1-3H3,(H,21,22). The average Bonchev–Trinajstić information content (AvgIpc) is 2.94. The summed E-state index contributed by atoms with van der Waals surface area (Å²) in [7, 11) is 1.29. The molecule has 1 amide bonds. The third-order valence-corrected chi connectivity index (χ3v) is 3.81. The van der Waals surface area contributed by atoms with Gasteiger partial charge in [0.25, 0.3) is 5.91 Å². The van der Waals surface area contributed by atoms with Crippen LogP contribution >= 0.6 is 0 Å². The van der Waals surface area contributed by atoms with Crippen molar-refractivity contribution in [2.24, 2.45) is 0 Å². The minimum Gasteiger partial charge on any atom is -0.464 e. The normalized spacial score (nSPS) is 10.6. The molecule has 0 radical (unpaired) electrons. The van der Waals surface area contributed by atoms with Gasteiger partial charge in [0.15, 0.2) is 0 Å². The van der Waals surface area contributed by atoms with Crippen molar-refractivity contribution in [3.63, 3.8) is 0 Å². The topological polar surface area (TPSA) is 84.1 Å². The van der Waals surface area contributed by atoms with E-state index in [1.165, 1.54) is 7.11 Å². The van der Waals surface area contributed by atoms with Crippen molar-refractivity contribution in [2.45, 2.75) is 13.8 Å². The number of ether oxygens (including phenoxy) is 1. The summed E-state index contributed by atoms with van der Waals surface area (Å²) >= 11 is 0. The lowest BCUT2D eigenvalue weighted by atomic mass is 10.1. The Morgan fingerprint density at radius 2 is 1.96 bits per heavy atom. The number of H-pyrrole nitrogens is 1. The van der Waals surface area contributed by atoms with E-state index in [4.69, 9.17) is 4.74 Å². The van der Waals surface area contributed by atoms with Crippen molar-refractivity contribution in [3.8, 4) is 0 Å². The van der Waals surface area contributed by atoms with Crippen molar-refractivity contribution >= 4 is 28.5 Å². The number of nitrogens with zero attached hydrogens (tertiary/aromatic N) is 1. The number of fused-ring (bicyclic) bond motifs is 1. The molecule has 0 saturated carbocycles. The molecule has 0 aliphatic heterocycles. The minimum atomic E-state index is -0.531. The second kappa shape index (κ2) is 6.16. The SMILES string of the molecule is COC(=O)c1[nH]c(C)cc1NC(=O)c1ccc2nccc(C)c2c1. The van der Waals surface area contributed by atoms with E-state index in [1.54, 1.807) is 37.4 Å². The molecule has 0 atom stereocenters. The number of aromatic nitrogens is 2. The molecule has 0 aliphatic rings. The summed E-state index contributed by atoms with van der Waals surface area (Å²) in [6.07, 6.45) is 1.74. The van der Waals surface area contributed by atoms with Gasteiger partial charge in [-0.15, -0.1) is 0 Å². The highest BCUT2D eigenvalue weighted by atomic mass is 16.5. The zero-order chi connectivity index (χ0) is 17.3. The third kappa shape index (κ3) is 2.86. The van der Waals surface area contributed by atoms with Gasteiger partial charge >= 0.3 is 5.97 Å². The van der Waals surface area contributed by atoms with Crippen LogP contribution in [0.15, 0.2) is 36.5 Å². The predicted octanol–water partition coefficient (Wildman–Crippen LogP) is 3.22. The van der Waals surface area contributed by atoms with Crippen LogP contribution in [-0.2, 0) is 4.74 Å². The molecule has 3 aromatic rings. The zero-order valence-corrected chi connectivity index (χ0v) is 13.6. The highest BCUT2D eigenvalue weighted by Crippen LogP contribution is 2.21. The van der Waals surface area contributed by atoms with Crippen LogP contribution in [0.5, 0.6) is 0 Å². The first-order valence-electron chi connectivity index (χ1n) is 7.44. The second-order valence-electron chi connectivity index (χ2n) is 5.55. The van der Waals surface area contributed by atoms with Crippen LogP contribution in [0, 0.1) is 13.8 Å². The molecule has 2 heterocycles. The molecule has 0 saturated heterocycles. The van der Waals surface area contributed by atoms with Gasteiger partial charge in [-0.2, -0.15) is 0 Å². The molecule has 0 unspecified atom stereocenters. The molecule has 2 N–H and O–H groups in total. The quantitative estimate of drug-likeness (QED) is 0.725. The maximum atomic E-state index is 12.5. The Kier molecular flexibility index (Phi) is 4.04. The van der Waals surface area contributed by atoms with Gasteiger partial charge in [0.2, 0.25) is 0 Å². The monoisotopic (exact) mass is 323 g/mol. The van der Waals surface area contributed by atoms with E-state index in [2.05, 4.69) is 15.3 Å². The Morgan fingerprint density at radius 1 is 1.17 bits per heavy atom. The van der Waals surface area contributed by atoms with E-state index in [-0.39, 0.29) is 11.6 Å². The van der Waals surface area contributed by atoms with Gasteiger partial charge in [0.1, 0.15) is 5.69 Å². The summed E-state index contributed by atoms with van der Waals surface area (Å²) in [5.41, 5.74) is 3.74. The van der Waals surface area contributed by atoms with E-state index in [1.807, 2.05) is 13.0 Å². The van der Waals surface area contributed by atoms with E-state index >= 15 is 0 Å². The van der Waals surface area contributed by atoms with Crippen molar-refractivity contribution in [1.82, 2.24) is 9.97 Å². The summed E-state index contributed by atoms with van der Waals surface area (Å²) in [5.74, 6) is -0.832. The number of aryl methyl sites for hydroxylation is 2. The molecule has 6 heteroatoms. The molecule has 122 valence electrons. The predicted molar refractivity (Wildman–Crippen MR) is 91.3 cm³/mol. The highest BCUT2D eigenvalue weighted by molar-refractivity contribution is 6.09. The van der Waals surface area contributed by atoms with Crippen molar-refractivity contribution in [3.05, 3.63) is 59.0 Å². The number of methoxy groups -OCH3 is 1. The van der Waals surface area contributed by atoms with E-state index in [9.17, 15) is 9.59 Å². The molecular weight excluding hydrogens is 306 g/mol. The summed E-state index contributed by atoms with van der Waals surface area (Å²) in [6.45, 7) is 3.77. The van der Waals surface area contributed by atoms with Crippen LogP contribution in [-0.4, -0.2) is 29.0 Å². The van der Waals surface area contributed by atoms with Crippen LogP contribution in [0.2, 0.25) is 0 Å². The Bertz CT molecular complexity index is 944. The Labute approximate surface area is 138 Å². The molecule has 1 aromatic carbocycles. The molecule has 24 heavy (non-hydrogen) atoms. The van der Waals surface area contributed by atoms with Crippen LogP contribution in [0.1, 0.15) is 32.1 Å². The van der Waals surface area contributed by atoms with Crippen LogP contribution in [0.25, 0.3) is 10.9 Å². The lowest BCUT2D eigenvalue weighted by molar-refractivity contribution is 0.0596. The first kappa shape index (κ1) is 15.7. The molecule has 0 spiro atoms. The average molecular weight is 323 g/mol. The fraction of sp³-hybridized carbons (Fsp3) is 0.167. The first-order valence-corrected chi connectivity index (χ1v) is 7.44. The number of rotatable bonds is 3. The maximum Gasteiger partial charge on any atom is 0.356 e. The largest absolute Gasteiger partial charge is 0.464 e. The number of pyridine rings is 1. The van der Waals surface area contributed by atoms with Crippen molar-refractivity contribution < 1.29 is 14.3 Å². The van der Waals surface area contributed by atoms with Gasteiger partial charge in [0, 0.05) is 22.8 Å². The van der Waals surface area contributed by atoms with E-state index in [0.717, 1.165) is 22.2 Å². The lowest BCUT2D eigenvalue weighted by Gasteiger charge is -2.07. The molecule has 6 nitrogen and oxygen atoms in total. The molecule has 3 rings (SSSR count). The Hall–Kier alpha value is -3.15. The first-order chi connectivity index (χ1) is 11.5. The lowest BCUT2D eigenvalue weighted by Crippen LogP contribution is -2.14. The summed E-state index contributed by atoms with van der Waals surface area (Å²) in [5, 5.41) is 3.68. The van der Waals surface area contributed by atoms with Gasteiger partial charge in [-0.3, -0.25) is 9.78 Å². The summed E-state index contributed by atoms with van der Waals surface area (Å²) in [6, 6.07) is 8.90. The number of aromatic amines is 1. The molecule has 0 aliphatic carbocycles.